The Labute approximate surface area is 142 Å². The molecule has 6 nitrogen and oxygen atoms in total. The Morgan fingerprint density at radius 2 is 1.76 bits per heavy atom. The maximum absolute atomic E-state index is 12.8. The molecule has 1 aliphatic rings. The Balaban J connectivity index is 0.000000333. The van der Waals surface area contributed by atoms with Crippen molar-refractivity contribution in [3.05, 3.63) is 47.5 Å². The molecule has 9 heteroatoms. The number of nitrogens with zero attached hydrogens (tertiary/aromatic N) is 1. The lowest BCUT2D eigenvalue weighted by atomic mass is 10.1. The largest absolute Gasteiger partial charge is 0.478 e. The van der Waals surface area contributed by atoms with E-state index in [1.54, 1.807) is 6.07 Å². The van der Waals surface area contributed by atoms with Crippen LogP contribution >= 0.6 is 0 Å². The molecule has 1 saturated heterocycles. The van der Waals surface area contributed by atoms with E-state index in [1.807, 2.05) is 4.90 Å². The SMILES string of the molecule is NC1CCN(Cc2ccccc2C(F)(F)F)C1.O=C(O)/C=C/C(=O)O. The summed E-state index contributed by atoms with van der Waals surface area (Å²) in [5, 5.41) is 15.6. The molecule has 0 bridgehead atoms. The highest BCUT2D eigenvalue weighted by Crippen LogP contribution is 2.32. The third-order valence-corrected chi connectivity index (χ3v) is 3.39. The number of likely N-dealkylation sites (tertiary alicyclic amines) is 1. The first-order valence-electron chi connectivity index (χ1n) is 7.36. The van der Waals surface area contributed by atoms with Crippen molar-refractivity contribution < 1.29 is 33.0 Å². The number of rotatable bonds is 4. The molecule has 138 valence electrons. The number of nitrogens with two attached hydrogens (primary N) is 1. The Morgan fingerprint density at radius 3 is 2.20 bits per heavy atom. The first-order valence-corrected chi connectivity index (χ1v) is 7.36. The maximum atomic E-state index is 12.8. The van der Waals surface area contributed by atoms with Crippen LogP contribution in [0.5, 0.6) is 0 Å². The van der Waals surface area contributed by atoms with Crippen LogP contribution in [0.15, 0.2) is 36.4 Å². The van der Waals surface area contributed by atoms with Gasteiger partial charge in [-0.2, -0.15) is 13.2 Å². The van der Waals surface area contributed by atoms with Gasteiger partial charge in [-0.05, 0) is 18.1 Å². The number of aliphatic carboxylic acids is 2. The van der Waals surface area contributed by atoms with Gasteiger partial charge in [-0.3, -0.25) is 4.90 Å². The van der Waals surface area contributed by atoms with Crippen molar-refractivity contribution in [2.75, 3.05) is 13.1 Å². The van der Waals surface area contributed by atoms with Crippen molar-refractivity contribution >= 4 is 11.9 Å². The second-order valence-electron chi connectivity index (χ2n) is 5.45. The summed E-state index contributed by atoms with van der Waals surface area (Å²) < 4.78 is 38.3. The van der Waals surface area contributed by atoms with Crippen LogP contribution in [-0.4, -0.2) is 46.2 Å². The average molecular weight is 360 g/mol. The van der Waals surface area contributed by atoms with Crippen LogP contribution in [-0.2, 0) is 22.3 Å². The van der Waals surface area contributed by atoms with Crippen LogP contribution in [0.1, 0.15) is 17.5 Å². The summed E-state index contributed by atoms with van der Waals surface area (Å²) in [6, 6.07) is 5.81. The van der Waals surface area contributed by atoms with E-state index in [-0.39, 0.29) is 6.04 Å². The van der Waals surface area contributed by atoms with Gasteiger partial charge in [0, 0.05) is 37.8 Å². The van der Waals surface area contributed by atoms with Crippen molar-refractivity contribution in [3.8, 4) is 0 Å². The summed E-state index contributed by atoms with van der Waals surface area (Å²) in [7, 11) is 0. The zero-order valence-corrected chi connectivity index (χ0v) is 13.2. The van der Waals surface area contributed by atoms with E-state index in [1.165, 1.54) is 12.1 Å². The van der Waals surface area contributed by atoms with E-state index in [9.17, 15) is 22.8 Å². The highest BCUT2D eigenvalue weighted by molar-refractivity contribution is 5.89. The van der Waals surface area contributed by atoms with Gasteiger partial charge in [0.1, 0.15) is 0 Å². The van der Waals surface area contributed by atoms with Gasteiger partial charge < -0.3 is 15.9 Å². The number of hydrogen-bond donors (Lipinski definition) is 3. The van der Waals surface area contributed by atoms with Gasteiger partial charge in [-0.1, -0.05) is 18.2 Å². The first kappa shape index (κ1) is 20.7. The highest BCUT2D eigenvalue weighted by Gasteiger charge is 2.33. The van der Waals surface area contributed by atoms with Crippen molar-refractivity contribution in [1.82, 2.24) is 4.90 Å². The van der Waals surface area contributed by atoms with E-state index in [4.69, 9.17) is 15.9 Å². The second kappa shape index (κ2) is 9.19. The number of hydrogen-bond acceptors (Lipinski definition) is 4. The fourth-order valence-electron chi connectivity index (χ4n) is 2.32. The fourth-order valence-corrected chi connectivity index (χ4v) is 2.32. The molecule has 1 aromatic carbocycles. The normalized spacial score (nSPS) is 18.0. The molecule has 1 heterocycles. The van der Waals surface area contributed by atoms with Gasteiger partial charge in [-0.25, -0.2) is 9.59 Å². The predicted octanol–water partition coefficient (Wildman–Crippen LogP) is 1.95. The Kier molecular flexibility index (Phi) is 7.59. The minimum Gasteiger partial charge on any atom is -0.478 e. The molecule has 4 N–H and O–H groups in total. The molecule has 1 unspecified atom stereocenters. The van der Waals surface area contributed by atoms with E-state index in [0.29, 0.717) is 30.8 Å². The van der Waals surface area contributed by atoms with E-state index < -0.39 is 23.7 Å². The molecule has 0 aliphatic carbocycles. The molecule has 0 amide bonds. The molecule has 1 fully saturated rings. The van der Waals surface area contributed by atoms with Gasteiger partial charge >= 0.3 is 18.1 Å². The Morgan fingerprint density at radius 1 is 1.20 bits per heavy atom. The third-order valence-electron chi connectivity index (χ3n) is 3.39. The lowest BCUT2D eigenvalue weighted by Gasteiger charge is -2.18. The third kappa shape index (κ3) is 7.81. The lowest BCUT2D eigenvalue weighted by Crippen LogP contribution is -2.27. The number of benzene rings is 1. The number of carboxylic acid groups (broad SMARTS) is 2. The molecule has 25 heavy (non-hydrogen) atoms. The van der Waals surface area contributed by atoms with Crippen LogP contribution < -0.4 is 5.73 Å². The summed E-state index contributed by atoms with van der Waals surface area (Å²) in [6.45, 7) is 1.77. The molecule has 1 atom stereocenters. The van der Waals surface area contributed by atoms with Crippen molar-refractivity contribution in [2.24, 2.45) is 5.73 Å². The highest BCUT2D eigenvalue weighted by atomic mass is 19.4. The molecule has 1 aliphatic heterocycles. The topological polar surface area (TPSA) is 104 Å². The molecule has 0 saturated carbocycles. The molecule has 0 radical (unpaired) electrons. The number of alkyl halides is 3. The second-order valence-corrected chi connectivity index (χ2v) is 5.45. The standard InChI is InChI=1S/C12H15F3N2.C4H4O4/c13-12(14,15)11-4-2-1-3-9(11)7-17-6-5-10(16)8-17;5-3(6)1-2-4(7)8/h1-4,10H,5-8,16H2;1-2H,(H,5,6)(H,7,8)/b;2-1+. The predicted molar refractivity (Wildman–Crippen MR) is 83.7 cm³/mol. The minimum atomic E-state index is -4.28. The zero-order chi connectivity index (χ0) is 19.0. The molecular formula is C16H19F3N2O4. The summed E-state index contributed by atoms with van der Waals surface area (Å²) in [4.78, 5) is 21.1. The monoisotopic (exact) mass is 360 g/mol. The lowest BCUT2D eigenvalue weighted by molar-refractivity contribution is -0.138. The van der Waals surface area contributed by atoms with E-state index in [0.717, 1.165) is 19.0 Å². The van der Waals surface area contributed by atoms with Crippen LogP contribution in [0.3, 0.4) is 0 Å². The summed E-state index contributed by atoms with van der Waals surface area (Å²) in [5.41, 5.74) is 5.53. The number of carboxylic acids is 2. The maximum Gasteiger partial charge on any atom is 0.416 e. The summed E-state index contributed by atoms with van der Waals surface area (Å²) in [5.74, 6) is -2.51. The summed E-state index contributed by atoms with van der Waals surface area (Å²) >= 11 is 0. The van der Waals surface area contributed by atoms with Crippen molar-refractivity contribution in [1.29, 1.82) is 0 Å². The van der Waals surface area contributed by atoms with E-state index in [2.05, 4.69) is 0 Å². The average Bonchev–Trinajstić information content (AvgIpc) is 2.90. The van der Waals surface area contributed by atoms with Crippen LogP contribution in [0, 0.1) is 0 Å². The van der Waals surface area contributed by atoms with E-state index >= 15 is 0 Å². The molecule has 2 rings (SSSR count). The van der Waals surface area contributed by atoms with Crippen LogP contribution in [0.25, 0.3) is 0 Å². The van der Waals surface area contributed by atoms with Crippen molar-refractivity contribution in [2.45, 2.75) is 25.2 Å². The quantitative estimate of drug-likeness (QED) is 0.709. The van der Waals surface area contributed by atoms with Gasteiger partial charge in [0.15, 0.2) is 0 Å². The minimum absolute atomic E-state index is 0.0908. The molecular weight excluding hydrogens is 341 g/mol. The van der Waals surface area contributed by atoms with Gasteiger partial charge in [0.05, 0.1) is 5.56 Å². The smallest absolute Gasteiger partial charge is 0.416 e. The number of carbonyl (C=O) groups is 2. The Bertz CT molecular complexity index is 616. The zero-order valence-electron chi connectivity index (χ0n) is 13.2. The molecule has 0 spiro atoms. The number of halogens is 3. The first-order chi connectivity index (χ1) is 11.6. The van der Waals surface area contributed by atoms with Crippen LogP contribution in [0.4, 0.5) is 13.2 Å². The Hall–Kier alpha value is -2.39. The summed E-state index contributed by atoms with van der Waals surface area (Å²) in [6.07, 6.45) is -2.31. The van der Waals surface area contributed by atoms with Crippen LogP contribution in [0.2, 0.25) is 0 Å². The molecule has 0 aromatic heterocycles. The van der Waals surface area contributed by atoms with Gasteiger partial charge in [0.2, 0.25) is 0 Å². The van der Waals surface area contributed by atoms with Gasteiger partial charge in [0.25, 0.3) is 0 Å². The molecule has 1 aromatic rings. The fraction of sp³-hybridized carbons (Fsp3) is 0.375. The van der Waals surface area contributed by atoms with Gasteiger partial charge in [-0.15, -0.1) is 0 Å². The van der Waals surface area contributed by atoms with Crippen molar-refractivity contribution in [3.63, 3.8) is 0 Å².